The Morgan fingerprint density at radius 3 is 2.32 bits per heavy atom. The zero-order valence-electron chi connectivity index (χ0n) is 21.0. The van der Waals surface area contributed by atoms with Crippen LogP contribution in [0.5, 0.6) is 11.5 Å². The van der Waals surface area contributed by atoms with Gasteiger partial charge in [-0.1, -0.05) is 6.42 Å². The molecule has 1 amide bonds. The van der Waals surface area contributed by atoms with E-state index in [1.54, 1.807) is 0 Å². The smallest absolute Gasteiger partial charge is 0.312 e. The van der Waals surface area contributed by atoms with Gasteiger partial charge in [-0.15, -0.1) is 0 Å². The van der Waals surface area contributed by atoms with Crippen LogP contribution in [0, 0.1) is 23.1 Å². The molecule has 3 saturated carbocycles. The van der Waals surface area contributed by atoms with Crippen molar-refractivity contribution in [2.24, 2.45) is 17.3 Å². The zero-order valence-corrected chi connectivity index (χ0v) is 21.0. The lowest BCUT2D eigenvalue weighted by molar-refractivity contribution is -0.169. The molecule has 0 spiro atoms. The van der Waals surface area contributed by atoms with E-state index < -0.39 is 16.8 Å². The van der Waals surface area contributed by atoms with E-state index in [1.165, 1.54) is 32.1 Å². The highest BCUT2D eigenvalue weighted by atomic mass is 19.1. The summed E-state index contributed by atoms with van der Waals surface area (Å²) in [5.74, 6) is 0.485. The van der Waals surface area contributed by atoms with Gasteiger partial charge in [-0.25, -0.2) is 4.39 Å². The molecule has 3 aliphatic carbocycles. The molecule has 0 aliphatic heterocycles. The summed E-state index contributed by atoms with van der Waals surface area (Å²) >= 11 is 0. The van der Waals surface area contributed by atoms with Crippen molar-refractivity contribution in [3.63, 3.8) is 0 Å². The van der Waals surface area contributed by atoms with Crippen LogP contribution in [-0.4, -0.2) is 36.7 Å². The molecule has 0 radical (unpaired) electrons. The van der Waals surface area contributed by atoms with E-state index in [0.717, 1.165) is 12.8 Å². The van der Waals surface area contributed by atoms with Crippen LogP contribution in [-0.2, 0) is 9.53 Å². The number of ether oxygens (including phenoxy) is 3. The SMILES string of the molecule is COc1cc(F)c(OC2CCC(C)(C(=O)OC(C)(C)C)CC2)cc1C(=O)N[C@H]1C[C@@H]2CC[C@H]1C2. The minimum atomic E-state index is -0.572. The van der Waals surface area contributed by atoms with Gasteiger partial charge in [0.1, 0.15) is 11.4 Å². The number of methoxy groups -OCH3 is 1. The molecule has 1 aromatic rings. The summed E-state index contributed by atoms with van der Waals surface area (Å²) in [6.07, 6.45) is 6.79. The third kappa shape index (κ3) is 5.33. The first-order valence-corrected chi connectivity index (χ1v) is 12.6. The molecule has 7 heteroatoms. The number of amides is 1. The van der Waals surface area contributed by atoms with E-state index in [1.807, 2.05) is 27.7 Å². The van der Waals surface area contributed by atoms with E-state index in [4.69, 9.17) is 14.2 Å². The molecule has 6 nitrogen and oxygen atoms in total. The second kappa shape index (κ2) is 9.38. The number of esters is 1. The lowest BCUT2D eigenvalue weighted by Gasteiger charge is -2.37. The lowest BCUT2D eigenvalue weighted by atomic mass is 9.74. The molecular weight excluding hydrogens is 437 g/mol. The first-order chi connectivity index (χ1) is 16.0. The van der Waals surface area contributed by atoms with Crippen molar-refractivity contribution in [1.29, 1.82) is 0 Å². The van der Waals surface area contributed by atoms with Crippen molar-refractivity contribution >= 4 is 11.9 Å². The van der Waals surface area contributed by atoms with Crippen LogP contribution in [0.2, 0.25) is 0 Å². The summed E-state index contributed by atoms with van der Waals surface area (Å²) in [5.41, 5.74) is -0.817. The van der Waals surface area contributed by atoms with Crippen molar-refractivity contribution in [2.45, 2.75) is 96.8 Å². The molecule has 0 heterocycles. The van der Waals surface area contributed by atoms with Gasteiger partial charge in [0.2, 0.25) is 0 Å². The molecule has 2 bridgehead atoms. The number of hydrogen-bond donors (Lipinski definition) is 1. The molecule has 34 heavy (non-hydrogen) atoms. The standard InChI is InChI=1S/C27H38FNO5/c1-26(2,3)34-25(31)27(4)10-8-18(9-11-27)33-23-14-19(22(32-5)15-20(23)28)24(30)29-21-13-16-6-7-17(21)12-16/h14-18,21H,6-13H2,1-5H3,(H,29,30)/t16-,17+,18?,21+,27?/m1/s1. The fourth-order valence-electron chi connectivity index (χ4n) is 5.77. The van der Waals surface area contributed by atoms with Gasteiger partial charge in [-0.05, 0) is 90.5 Å². The highest BCUT2D eigenvalue weighted by Crippen LogP contribution is 2.45. The predicted octanol–water partition coefficient (Wildman–Crippen LogP) is 5.42. The highest BCUT2D eigenvalue weighted by molar-refractivity contribution is 5.97. The Kier molecular flexibility index (Phi) is 6.85. The van der Waals surface area contributed by atoms with Gasteiger partial charge in [-0.2, -0.15) is 0 Å². The Morgan fingerprint density at radius 1 is 1.06 bits per heavy atom. The van der Waals surface area contributed by atoms with Gasteiger partial charge in [0.15, 0.2) is 11.6 Å². The van der Waals surface area contributed by atoms with Crippen LogP contribution >= 0.6 is 0 Å². The van der Waals surface area contributed by atoms with Crippen molar-refractivity contribution in [3.05, 3.63) is 23.5 Å². The molecule has 4 rings (SSSR count). The Hall–Kier alpha value is -2.31. The maximum absolute atomic E-state index is 14.8. The average molecular weight is 476 g/mol. The first kappa shape index (κ1) is 24.8. The Balaban J connectivity index is 1.41. The van der Waals surface area contributed by atoms with Crippen LogP contribution in [0.4, 0.5) is 4.39 Å². The van der Waals surface area contributed by atoms with Crippen molar-refractivity contribution < 1.29 is 28.2 Å². The van der Waals surface area contributed by atoms with Crippen molar-refractivity contribution in [3.8, 4) is 11.5 Å². The van der Waals surface area contributed by atoms with Gasteiger partial charge < -0.3 is 19.5 Å². The van der Waals surface area contributed by atoms with Crippen molar-refractivity contribution in [2.75, 3.05) is 7.11 Å². The number of carbonyl (C=O) groups is 2. The molecule has 3 aliphatic rings. The van der Waals surface area contributed by atoms with Gasteiger partial charge in [0.05, 0.1) is 24.2 Å². The first-order valence-electron chi connectivity index (χ1n) is 12.6. The fraction of sp³-hybridized carbons (Fsp3) is 0.704. The molecule has 0 aromatic heterocycles. The summed E-state index contributed by atoms with van der Waals surface area (Å²) in [5, 5.41) is 3.15. The third-order valence-corrected chi connectivity index (χ3v) is 7.77. The third-order valence-electron chi connectivity index (χ3n) is 7.77. The van der Waals surface area contributed by atoms with E-state index in [2.05, 4.69) is 5.32 Å². The average Bonchev–Trinajstić information content (AvgIpc) is 3.38. The highest BCUT2D eigenvalue weighted by Gasteiger charge is 2.42. The molecule has 0 saturated heterocycles. The number of rotatable bonds is 6. The molecule has 1 N–H and O–H groups in total. The topological polar surface area (TPSA) is 73.9 Å². The van der Waals surface area contributed by atoms with Crippen LogP contribution < -0.4 is 14.8 Å². The minimum Gasteiger partial charge on any atom is -0.496 e. The molecular formula is C27H38FNO5. The Labute approximate surface area is 201 Å². The Morgan fingerprint density at radius 2 is 1.76 bits per heavy atom. The fourth-order valence-corrected chi connectivity index (χ4v) is 5.77. The molecule has 3 fully saturated rings. The van der Waals surface area contributed by atoms with E-state index in [0.29, 0.717) is 37.5 Å². The van der Waals surface area contributed by atoms with Gasteiger partial charge >= 0.3 is 5.97 Å². The van der Waals surface area contributed by atoms with Gasteiger partial charge in [-0.3, -0.25) is 9.59 Å². The van der Waals surface area contributed by atoms with E-state index in [9.17, 15) is 14.0 Å². The summed E-state index contributed by atoms with van der Waals surface area (Å²) in [6, 6.07) is 2.85. The van der Waals surface area contributed by atoms with Crippen molar-refractivity contribution in [1.82, 2.24) is 5.32 Å². The number of nitrogens with one attached hydrogen (secondary N) is 1. The van der Waals surface area contributed by atoms with Gasteiger partial charge in [0.25, 0.3) is 5.91 Å². The molecule has 0 unspecified atom stereocenters. The summed E-state index contributed by atoms with van der Waals surface area (Å²) in [7, 11) is 1.43. The summed E-state index contributed by atoms with van der Waals surface area (Å²) < 4.78 is 31.7. The van der Waals surface area contributed by atoms with Gasteiger partial charge in [0, 0.05) is 12.1 Å². The normalized spacial score (nSPS) is 30.6. The predicted molar refractivity (Wildman–Crippen MR) is 126 cm³/mol. The monoisotopic (exact) mass is 475 g/mol. The molecule has 188 valence electrons. The second-order valence-corrected chi connectivity index (χ2v) is 11.6. The summed E-state index contributed by atoms with van der Waals surface area (Å²) in [4.78, 5) is 25.7. The largest absolute Gasteiger partial charge is 0.496 e. The number of halogens is 1. The molecule has 1 aromatic carbocycles. The maximum atomic E-state index is 14.8. The second-order valence-electron chi connectivity index (χ2n) is 11.6. The Bertz CT molecular complexity index is 932. The van der Waals surface area contributed by atoms with Crippen LogP contribution in [0.25, 0.3) is 0 Å². The van der Waals surface area contributed by atoms with Crippen LogP contribution in [0.1, 0.15) is 89.4 Å². The number of benzene rings is 1. The maximum Gasteiger partial charge on any atom is 0.312 e. The van der Waals surface area contributed by atoms with Crippen LogP contribution in [0.3, 0.4) is 0 Å². The lowest BCUT2D eigenvalue weighted by Crippen LogP contribution is -2.40. The summed E-state index contributed by atoms with van der Waals surface area (Å²) in [6.45, 7) is 7.50. The van der Waals surface area contributed by atoms with E-state index >= 15 is 0 Å². The minimum absolute atomic E-state index is 0.0461. The number of hydrogen-bond acceptors (Lipinski definition) is 5. The number of carbonyl (C=O) groups excluding carboxylic acids is 2. The van der Waals surface area contributed by atoms with E-state index in [-0.39, 0.29) is 41.1 Å². The molecule has 3 atom stereocenters. The van der Waals surface area contributed by atoms with Crippen LogP contribution in [0.15, 0.2) is 12.1 Å². The zero-order chi connectivity index (χ0) is 24.7. The number of fused-ring (bicyclic) bond motifs is 2. The quantitative estimate of drug-likeness (QED) is 0.556.